The van der Waals surface area contributed by atoms with E-state index in [2.05, 4.69) is 11.6 Å². The van der Waals surface area contributed by atoms with E-state index in [0.29, 0.717) is 18.7 Å². The largest absolute Gasteiger partial charge is 0.330 e. The van der Waals surface area contributed by atoms with Crippen LogP contribution in [0.2, 0.25) is 0 Å². The van der Waals surface area contributed by atoms with Gasteiger partial charge in [-0.15, -0.1) is 0 Å². The molecule has 0 fully saturated rings. The molecule has 0 aromatic carbocycles. The maximum absolute atomic E-state index is 12.7. The highest BCUT2D eigenvalue weighted by Crippen LogP contribution is 2.12. The number of nitrogens with zero attached hydrogens (tertiary/aromatic N) is 1. The van der Waals surface area contributed by atoms with E-state index in [9.17, 15) is 4.39 Å². The molecule has 0 unspecified atom stereocenters. The summed E-state index contributed by atoms with van der Waals surface area (Å²) in [5.74, 6) is -0.293. The van der Waals surface area contributed by atoms with E-state index in [0.717, 1.165) is 5.57 Å². The minimum absolute atomic E-state index is 0.293. The summed E-state index contributed by atoms with van der Waals surface area (Å²) in [6.07, 6.45) is 2.07. The van der Waals surface area contributed by atoms with Crippen molar-refractivity contribution in [1.82, 2.24) is 4.98 Å². The van der Waals surface area contributed by atoms with Gasteiger partial charge in [0.1, 0.15) is 5.82 Å². The lowest BCUT2D eigenvalue weighted by Crippen LogP contribution is -2.00. The zero-order chi connectivity index (χ0) is 8.97. The predicted octanol–water partition coefficient (Wildman–Crippen LogP) is 1.58. The lowest BCUT2D eigenvalue weighted by atomic mass is 10.1. The predicted molar refractivity (Wildman–Crippen MR) is 46.9 cm³/mol. The van der Waals surface area contributed by atoms with Crippen molar-refractivity contribution in [1.29, 1.82) is 0 Å². The molecule has 3 heteroatoms. The van der Waals surface area contributed by atoms with Crippen molar-refractivity contribution in [2.24, 2.45) is 5.73 Å². The van der Waals surface area contributed by atoms with Gasteiger partial charge < -0.3 is 5.73 Å². The normalized spacial score (nSPS) is 9.83. The third kappa shape index (κ3) is 2.13. The monoisotopic (exact) mass is 166 g/mol. The van der Waals surface area contributed by atoms with E-state index in [-0.39, 0.29) is 5.82 Å². The summed E-state index contributed by atoms with van der Waals surface area (Å²) < 4.78 is 12.7. The zero-order valence-corrected chi connectivity index (χ0v) is 6.76. The summed E-state index contributed by atoms with van der Waals surface area (Å²) in [6, 6.07) is 2.66. The smallest absolute Gasteiger partial charge is 0.126 e. The minimum Gasteiger partial charge on any atom is -0.330 e. The molecule has 12 heavy (non-hydrogen) atoms. The molecule has 0 saturated carbocycles. The van der Waals surface area contributed by atoms with E-state index in [1.54, 1.807) is 0 Å². The van der Waals surface area contributed by atoms with Crippen LogP contribution in [0, 0.1) is 5.82 Å². The molecule has 2 N–H and O–H groups in total. The van der Waals surface area contributed by atoms with Gasteiger partial charge in [0.15, 0.2) is 0 Å². The topological polar surface area (TPSA) is 38.9 Å². The van der Waals surface area contributed by atoms with Crippen LogP contribution >= 0.6 is 0 Å². The van der Waals surface area contributed by atoms with Crippen molar-refractivity contribution in [3.05, 3.63) is 36.4 Å². The molecule has 2 nitrogen and oxygen atoms in total. The highest BCUT2D eigenvalue weighted by Gasteiger charge is 1.99. The van der Waals surface area contributed by atoms with Crippen molar-refractivity contribution >= 4 is 5.57 Å². The average molecular weight is 166 g/mol. The van der Waals surface area contributed by atoms with Crippen molar-refractivity contribution in [3.63, 3.8) is 0 Å². The SMILES string of the molecule is C=C(CCN)c1cc(F)ccn1. The Balaban J connectivity index is 2.81. The molecular weight excluding hydrogens is 155 g/mol. The van der Waals surface area contributed by atoms with Gasteiger partial charge in [0, 0.05) is 6.20 Å². The van der Waals surface area contributed by atoms with Crippen molar-refractivity contribution in [3.8, 4) is 0 Å². The van der Waals surface area contributed by atoms with E-state index >= 15 is 0 Å². The van der Waals surface area contributed by atoms with Crippen LogP contribution in [0.25, 0.3) is 5.57 Å². The third-order valence-corrected chi connectivity index (χ3v) is 1.53. The molecule has 1 aromatic heterocycles. The maximum Gasteiger partial charge on any atom is 0.126 e. The first-order valence-corrected chi connectivity index (χ1v) is 3.74. The molecule has 64 valence electrons. The number of pyridine rings is 1. The van der Waals surface area contributed by atoms with Crippen molar-refractivity contribution in [2.75, 3.05) is 6.54 Å². The lowest BCUT2D eigenvalue weighted by molar-refractivity contribution is 0.624. The first-order valence-electron chi connectivity index (χ1n) is 3.74. The summed E-state index contributed by atoms with van der Waals surface area (Å²) in [4.78, 5) is 3.96. The summed E-state index contributed by atoms with van der Waals surface area (Å²) in [6.45, 7) is 4.26. The highest BCUT2D eigenvalue weighted by atomic mass is 19.1. The molecule has 1 rings (SSSR count). The van der Waals surface area contributed by atoms with Crippen LogP contribution in [-0.2, 0) is 0 Å². The third-order valence-electron chi connectivity index (χ3n) is 1.53. The molecular formula is C9H11FN2. The van der Waals surface area contributed by atoms with Crippen LogP contribution in [0.5, 0.6) is 0 Å². The van der Waals surface area contributed by atoms with Crippen LogP contribution in [0.15, 0.2) is 24.9 Å². The number of halogens is 1. The Kier molecular flexibility index (Phi) is 2.94. The van der Waals surface area contributed by atoms with Crippen LogP contribution in [-0.4, -0.2) is 11.5 Å². The number of hydrogen-bond acceptors (Lipinski definition) is 2. The fourth-order valence-corrected chi connectivity index (χ4v) is 0.900. The molecule has 0 aliphatic heterocycles. The first-order chi connectivity index (χ1) is 5.74. The van der Waals surface area contributed by atoms with Gasteiger partial charge in [0.2, 0.25) is 0 Å². The first kappa shape index (κ1) is 8.87. The summed E-state index contributed by atoms with van der Waals surface area (Å²) in [5, 5.41) is 0. The number of aromatic nitrogens is 1. The van der Waals surface area contributed by atoms with Gasteiger partial charge in [0.25, 0.3) is 0 Å². The molecule has 0 radical (unpaired) electrons. The molecule has 0 saturated heterocycles. The van der Waals surface area contributed by atoms with Crippen LogP contribution < -0.4 is 5.73 Å². The van der Waals surface area contributed by atoms with Crippen molar-refractivity contribution < 1.29 is 4.39 Å². The quantitative estimate of drug-likeness (QED) is 0.740. The highest BCUT2D eigenvalue weighted by molar-refractivity contribution is 5.59. The Bertz CT molecular complexity index is 284. The minimum atomic E-state index is -0.293. The maximum atomic E-state index is 12.7. The Morgan fingerprint density at radius 2 is 2.42 bits per heavy atom. The van der Waals surface area contributed by atoms with E-state index in [4.69, 9.17) is 5.73 Å². The molecule has 0 aliphatic carbocycles. The zero-order valence-electron chi connectivity index (χ0n) is 6.76. The second-order valence-electron chi connectivity index (χ2n) is 2.50. The van der Waals surface area contributed by atoms with E-state index in [1.807, 2.05) is 0 Å². The average Bonchev–Trinajstić information content (AvgIpc) is 2.05. The molecule has 0 spiro atoms. The van der Waals surface area contributed by atoms with Gasteiger partial charge in [-0.3, -0.25) is 4.98 Å². The second-order valence-corrected chi connectivity index (χ2v) is 2.50. The Morgan fingerprint density at radius 1 is 1.67 bits per heavy atom. The van der Waals surface area contributed by atoms with E-state index in [1.165, 1.54) is 18.3 Å². The Morgan fingerprint density at radius 3 is 3.00 bits per heavy atom. The second kappa shape index (κ2) is 3.97. The molecule has 1 heterocycles. The fourth-order valence-electron chi connectivity index (χ4n) is 0.900. The molecule has 0 aliphatic rings. The number of nitrogens with two attached hydrogens (primary N) is 1. The van der Waals surface area contributed by atoms with Crippen molar-refractivity contribution in [2.45, 2.75) is 6.42 Å². The lowest BCUT2D eigenvalue weighted by Gasteiger charge is -2.01. The number of hydrogen-bond donors (Lipinski definition) is 1. The van der Waals surface area contributed by atoms with Gasteiger partial charge >= 0.3 is 0 Å². The van der Waals surface area contributed by atoms with Gasteiger partial charge in [-0.2, -0.15) is 0 Å². The molecule has 0 amide bonds. The number of rotatable bonds is 3. The van der Waals surface area contributed by atoms with Crippen LogP contribution in [0.4, 0.5) is 4.39 Å². The molecule has 1 aromatic rings. The van der Waals surface area contributed by atoms with E-state index < -0.39 is 0 Å². The van der Waals surface area contributed by atoms with Crippen LogP contribution in [0.3, 0.4) is 0 Å². The Hall–Kier alpha value is -1.22. The summed E-state index contributed by atoms with van der Waals surface area (Å²) in [5.41, 5.74) is 6.68. The standard InChI is InChI=1S/C9H11FN2/c1-7(2-4-11)9-6-8(10)3-5-12-9/h3,5-6H,1-2,4,11H2. The van der Waals surface area contributed by atoms with Gasteiger partial charge in [-0.05, 0) is 30.7 Å². The fraction of sp³-hybridized carbons (Fsp3) is 0.222. The summed E-state index contributed by atoms with van der Waals surface area (Å²) >= 11 is 0. The molecule has 0 bridgehead atoms. The van der Waals surface area contributed by atoms with Gasteiger partial charge in [-0.25, -0.2) is 4.39 Å². The van der Waals surface area contributed by atoms with Gasteiger partial charge in [-0.1, -0.05) is 6.58 Å². The van der Waals surface area contributed by atoms with Gasteiger partial charge in [0.05, 0.1) is 5.69 Å². The van der Waals surface area contributed by atoms with Crippen LogP contribution in [0.1, 0.15) is 12.1 Å². The Labute approximate surface area is 70.9 Å². The summed E-state index contributed by atoms with van der Waals surface area (Å²) in [7, 11) is 0. The molecule has 0 atom stereocenters.